The number of amides is 2. The molecular formula is C26H21N5O3S. The molecule has 3 aromatic carbocycles. The molecule has 1 spiro atoms. The highest BCUT2D eigenvalue weighted by Crippen LogP contribution is 2.45. The van der Waals surface area contributed by atoms with Crippen molar-refractivity contribution >= 4 is 46.2 Å². The van der Waals surface area contributed by atoms with Gasteiger partial charge in [-0.2, -0.15) is 0 Å². The first-order valence-electron chi connectivity index (χ1n) is 11.1. The Kier molecular flexibility index (Phi) is 4.75. The number of imide groups is 1. The van der Waals surface area contributed by atoms with Crippen LogP contribution in [-0.4, -0.2) is 29.7 Å². The average Bonchev–Trinajstić information content (AvgIpc) is 3.29. The first-order chi connectivity index (χ1) is 17.0. The van der Waals surface area contributed by atoms with Crippen LogP contribution in [0.2, 0.25) is 0 Å². The van der Waals surface area contributed by atoms with Crippen molar-refractivity contribution in [3.05, 3.63) is 95.7 Å². The summed E-state index contributed by atoms with van der Waals surface area (Å²) in [5, 5.41) is 13.4. The maximum atomic E-state index is 14.1. The summed E-state index contributed by atoms with van der Waals surface area (Å²) < 4.78 is 5.30. The van der Waals surface area contributed by atoms with Gasteiger partial charge in [0.25, 0.3) is 11.8 Å². The van der Waals surface area contributed by atoms with Crippen LogP contribution in [0, 0.1) is 0 Å². The van der Waals surface area contributed by atoms with Crippen LogP contribution in [0.1, 0.15) is 11.6 Å². The van der Waals surface area contributed by atoms with Gasteiger partial charge in [0.2, 0.25) is 5.66 Å². The van der Waals surface area contributed by atoms with E-state index in [-0.39, 0.29) is 0 Å². The molecule has 3 heterocycles. The molecule has 0 saturated carbocycles. The van der Waals surface area contributed by atoms with Crippen LogP contribution in [-0.2, 0) is 9.59 Å². The number of methoxy groups -OCH3 is 1. The second kappa shape index (κ2) is 7.85. The minimum absolute atomic E-state index is 0.317. The molecule has 0 bridgehead atoms. The van der Waals surface area contributed by atoms with Crippen molar-refractivity contribution in [2.75, 3.05) is 22.6 Å². The summed E-state index contributed by atoms with van der Waals surface area (Å²) in [5.41, 5.74) is 2.13. The molecule has 9 heteroatoms. The maximum Gasteiger partial charge on any atom is 0.287 e. The highest BCUT2D eigenvalue weighted by Gasteiger charge is 2.58. The summed E-state index contributed by atoms with van der Waals surface area (Å²) in [5.74, 6) is -0.180. The van der Waals surface area contributed by atoms with Crippen molar-refractivity contribution in [3.8, 4) is 5.75 Å². The highest BCUT2D eigenvalue weighted by atomic mass is 32.1. The molecule has 35 heavy (non-hydrogen) atoms. The van der Waals surface area contributed by atoms with Gasteiger partial charge in [-0.05, 0) is 54.2 Å². The Morgan fingerprint density at radius 2 is 1.51 bits per heavy atom. The summed E-state index contributed by atoms with van der Waals surface area (Å²) in [6, 6.07) is 23.3. The number of nitrogens with one attached hydrogen (secondary N) is 4. The number of ether oxygens (including phenoxy) is 1. The summed E-state index contributed by atoms with van der Waals surface area (Å²) in [6.45, 7) is 0. The summed E-state index contributed by atoms with van der Waals surface area (Å²) >= 11 is 5.53. The lowest BCUT2D eigenvalue weighted by Gasteiger charge is -2.45. The molecule has 2 amide bonds. The van der Waals surface area contributed by atoms with E-state index in [1.807, 2.05) is 54.6 Å². The number of para-hydroxylation sites is 3. The van der Waals surface area contributed by atoms with E-state index in [0.29, 0.717) is 27.8 Å². The van der Waals surface area contributed by atoms with Gasteiger partial charge in [0.05, 0.1) is 41.5 Å². The normalized spacial score (nSPS) is 19.9. The van der Waals surface area contributed by atoms with E-state index in [2.05, 4.69) is 21.3 Å². The molecule has 3 aliphatic rings. The Morgan fingerprint density at radius 1 is 0.886 bits per heavy atom. The van der Waals surface area contributed by atoms with Crippen LogP contribution in [0.5, 0.6) is 5.75 Å². The lowest BCUT2D eigenvalue weighted by molar-refractivity contribution is -0.127. The fraction of sp³-hybridized carbons (Fsp3) is 0.115. The van der Waals surface area contributed by atoms with E-state index in [9.17, 15) is 9.59 Å². The molecule has 0 fully saturated rings. The summed E-state index contributed by atoms with van der Waals surface area (Å²) in [4.78, 5) is 29.4. The Balaban J connectivity index is 1.57. The Bertz CT molecular complexity index is 1380. The van der Waals surface area contributed by atoms with E-state index < -0.39 is 23.5 Å². The van der Waals surface area contributed by atoms with Gasteiger partial charge in [-0.1, -0.05) is 42.5 Å². The van der Waals surface area contributed by atoms with Gasteiger partial charge in [0.15, 0.2) is 5.11 Å². The molecule has 0 radical (unpaired) electrons. The highest BCUT2D eigenvalue weighted by molar-refractivity contribution is 7.80. The zero-order chi connectivity index (χ0) is 24.2. The third kappa shape index (κ3) is 3.16. The van der Waals surface area contributed by atoms with Crippen LogP contribution in [0.3, 0.4) is 0 Å². The van der Waals surface area contributed by atoms with Crippen molar-refractivity contribution in [1.29, 1.82) is 0 Å². The van der Waals surface area contributed by atoms with E-state index in [1.165, 1.54) is 4.90 Å². The Hall–Kier alpha value is -4.37. The minimum Gasteiger partial charge on any atom is -0.497 e. The largest absolute Gasteiger partial charge is 0.497 e. The van der Waals surface area contributed by atoms with E-state index >= 15 is 0 Å². The van der Waals surface area contributed by atoms with Crippen LogP contribution in [0.25, 0.3) is 0 Å². The molecule has 0 saturated heterocycles. The SMILES string of the molecule is COc1ccc(C2NC(=S)NC3=C2C(=O)N(c2ccccc2)C(=O)C32Nc3ccccc3N2)cc1. The molecule has 0 aromatic heterocycles. The van der Waals surface area contributed by atoms with Gasteiger partial charge in [-0.3, -0.25) is 9.59 Å². The van der Waals surface area contributed by atoms with Gasteiger partial charge in [0.1, 0.15) is 5.75 Å². The Morgan fingerprint density at radius 3 is 2.14 bits per heavy atom. The van der Waals surface area contributed by atoms with E-state index in [0.717, 1.165) is 16.9 Å². The minimum atomic E-state index is -1.44. The van der Waals surface area contributed by atoms with Crippen LogP contribution < -0.4 is 30.9 Å². The van der Waals surface area contributed by atoms with Crippen molar-refractivity contribution in [2.45, 2.75) is 11.7 Å². The standard InChI is InChI=1S/C26H21N5O3S/c1-34-17-13-11-15(12-14-17)21-20-22(28-25(35)27-21)26(29-18-9-5-6-10-19(18)30-26)24(33)31(23(20)32)16-7-3-2-4-8-16/h2-14,21,29-30H,1H3,(H2,27,28,35). The number of nitrogens with zero attached hydrogens (tertiary/aromatic N) is 1. The predicted octanol–water partition coefficient (Wildman–Crippen LogP) is 3.28. The molecule has 0 aliphatic carbocycles. The lowest BCUT2D eigenvalue weighted by atomic mass is 9.85. The van der Waals surface area contributed by atoms with Crippen molar-refractivity contribution < 1.29 is 14.3 Å². The van der Waals surface area contributed by atoms with Crippen molar-refractivity contribution in [1.82, 2.24) is 10.6 Å². The quantitative estimate of drug-likeness (QED) is 0.333. The summed E-state index contributed by atoms with van der Waals surface area (Å²) in [7, 11) is 1.60. The van der Waals surface area contributed by atoms with Gasteiger partial charge in [-0.15, -0.1) is 0 Å². The molecule has 3 aromatic rings. The van der Waals surface area contributed by atoms with Gasteiger partial charge in [0, 0.05) is 0 Å². The summed E-state index contributed by atoms with van der Waals surface area (Å²) in [6.07, 6.45) is 0. The predicted molar refractivity (Wildman–Crippen MR) is 137 cm³/mol. The molecule has 8 nitrogen and oxygen atoms in total. The fourth-order valence-corrected chi connectivity index (χ4v) is 5.02. The number of rotatable bonds is 3. The van der Waals surface area contributed by atoms with Crippen LogP contribution in [0.15, 0.2) is 90.1 Å². The maximum absolute atomic E-state index is 14.1. The molecule has 174 valence electrons. The molecule has 4 N–H and O–H groups in total. The Labute approximate surface area is 207 Å². The monoisotopic (exact) mass is 483 g/mol. The first kappa shape index (κ1) is 21.2. The molecular weight excluding hydrogens is 462 g/mol. The number of anilines is 3. The average molecular weight is 484 g/mol. The zero-order valence-corrected chi connectivity index (χ0v) is 19.5. The number of hydrogen-bond donors (Lipinski definition) is 4. The first-order valence-corrected chi connectivity index (χ1v) is 11.5. The smallest absolute Gasteiger partial charge is 0.287 e. The fourth-order valence-electron chi connectivity index (χ4n) is 4.80. The van der Waals surface area contributed by atoms with Crippen molar-refractivity contribution in [2.24, 2.45) is 0 Å². The van der Waals surface area contributed by atoms with Crippen molar-refractivity contribution in [3.63, 3.8) is 0 Å². The second-order valence-electron chi connectivity index (χ2n) is 8.42. The van der Waals surface area contributed by atoms with Gasteiger partial charge < -0.3 is 26.0 Å². The number of fused-ring (bicyclic) bond motifs is 2. The molecule has 1 atom stereocenters. The number of thiocarbonyl (C=S) groups is 1. The van der Waals surface area contributed by atoms with Gasteiger partial charge >= 0.3 is 0 Å². The van der Waals surface area contributed by atoms with Crippen LogP contribution in [0.4, 0.5) is 17.1 Å². The second-order valence-corrected chi connectivity index (χ2v) is 8.83. The molecule has 6 rings (SSSR count). The van der Waals surface area contributed by atoms with Gasteiger partial charge in [-0.25, -0.2) is 4.90 Å². The third-order valence-electron chi connectivity index (χ3n) is 6.44. The number of hydrogen-bond acceptors (Lipinski definition) is 6. The number of benzene rings is 3. The number of carbonyl (C=O) groups is 2. The topological polar surface area (TPSA) is 94.7 Å². The lowest BCUT2D eigenvalue weighted by Crippen LogP contribution is -2.69. The zero-order valence-electron chi connectivity index (χ0n) is 18.7. The molecule has 3 aliphatic heterocycles. The van der Waals surface area contributed by atoms with E-state index in [1.54, 1.807) is 31.4 Å². The molecule has 1 unspecified atom stereocenters. The number of carbonyl (C=O) groups excluding carboxylic acids is 2. The van der Waals surface area contributed by atoms with E-state index in [4.69, 9.17) is 17.0 Å². The van der Waals surface area contributed by atoms with Crippen LogP contribution >= 0.6 is 12.2 Å². The third-order valence-corrected chi connectivity index (χ3v) is 6.66.